The average Bonchev–Trinajstić information content (AvgIpc) is 2.24. The molecular formula is C12H14FNO5S. The quantitative estimate of drug-likeness (QED) is 0.846. The Morgan fingerprint density at radius 2 is 2.00 bits per heavy atom. The van der Waals surface area contributed by atoms with Crippen molar-refractivity contribution in [3.63, 3.8) is 0 Å². The first-order valence-corrected chi connectivity index (χ1v) is 7.38. The van der Waals surface area contributed by atoms with Crippen molar-refractivity contribution in [1.82, 2.24) is 4.31 Å². The second-order valence-corrected chi connectivity index (χ2v) is 6.74. The first-order valence-electron chi connectivity index (χ1n) is 5.94. The number of aromatic carboxylic acids is 1. The fourth-order valence-electron chi connectivity index (χ4n) is 1.96. The molecule has 1 aromatic rings. The Kier molecular flexibility index (Phi) is 3.81. The summed E-state index contributed by atoms with van der Waals surface area (Å²) in [5.74, 6) is -2.47. The molecule has 1 atom stereocenters. The van der Waals surface area contributed by atoms with Crippen LogP contribution in [0.4, 0.5) is 4.39 Å². The maximum atomic E-state index is 13.3. The highest BCUT2D eigenvalue weighted by Crippen LogP contribution is 2.27. The van der Waals surface area contributed by atoms with Crippen LogP contribution in [0.25, 0.3) is 0 Å². The van der Waals surface area contributed by atoms with Crippen molar-refractivity contribution < 1.29 is 27.8 Å². The zero-order valence-electron chi connectivity index (χ0n) is 10.7. The van der Waals surface area contributed by atoms with Gasteiger partial charge in [-0.2, -0.15) is 4.31 Å². The molecule has 1 saturated heterocycles. The number of hydrogen-bond acceptors (Lipinski definition) is 4. The van der Waals surface area contributed by atoms with Gasteiger partial charge >= 0.3 is 5.97 Å². The van der Waals surface area contributed by atoms with Gasteiger partial charge in [-0.1, -0.05) is 0 Å². The molecule has 0 aromatic heterocycles. The molecule has 1 fully saturated rings. The molecule has 8 heteroatoms. The van der Waals surface area contributed by atoms with Crippen molar-refractivity contribution in [2.75, 3.05) is 13.1 Å². The van der Waals surface area contributed by atoms with Crippen LogP contribution < -0.4 is 0 Å². The minimum absolute atomic E-state index is 0.138. The summed E-state index contributed by atoms with van der Waals surface area (Å²) in [5.41, 5.74) is -0.420. The van der Waals surface area contributed by atoms with Gasteiger partial charge in [-0.05, 0) is 25.1 Å². The number of sulfonamides is 1. The van der Waals surface area contributed by atoms with Crippen LogP contribution in [0.3, 0.4) is 0 Å². The van der Waals surface area contributed by atoms with E-state index in [4.69, 9.17) is 5.11 Å². The van der Waals surface area contributed by atoms with Crippen LogP contribution in [0.5, 0.6) is 0 Å². The second kappa shape index (κ2) is 5.12. The van der Waals surface area contributed by atoms with E-state index in [2.05, 4.69) is 0 Å². The second-order valence-electron chi connectivity index (χ2n) is 4.80. The van der Waals surface area contributed by atoms with E-state index < -0.39 is 33.5 Å². The van der Waals surface area contributed by atoms with Gasteiger partial charge in [0.15, 0.2) is 0 Å². The summed E-state index contributed by atoms with van der Waals surface area (Å²) in [4.78, 5) is 10.4. The van der Waals surface area contributed by atoms with Crippen molar-refractivity contribution in [1.29, 1.82) is 0 Å². The molecule has 0 saturated carbocycles. The lowest BCUT2D eigenvalue weighted by molar-refractivity contribution is 0.0499. The normalized spacial score (nSPS) is 18.6. The number of aliphatic hydroxyl groups excluding tert-OH is 1. The number of hydrogen-bond donors (Lipinski definition) is 2. The molecule has 0 aliphatic carbocycles. The van der Waals surface area contributed by atoms with E-state index in [1.165, 1.54) is 0 Å². The van der Waals surface area contributed by atoms with Gasteiger partial charge in [0.05, 0.1) is 16.6 Å². The van der Waals surface area contributed by atoms with Crippen molar-refractivity contribution in [3.05, 3.63) is 29.6 Å². The summed E-state index contributed by atoms with van der Waals surface area (Å²) in [7, 11) is -3.93. The Morgan fingerprint density at radius 1 is 1.40 bits per heavy atom. The number of carbonyl (C=O) groups is 1. The van der Waals surface area contributed by atoms with Crippen LogP contribution in [-0.2, 0) is 10.0 Å². The molecule has 1 aliphatic heterocycles. The van der Waals surface area contributed by atoms with E-state index in [0.717, 1.165) is 22.5 Å². The molecule has 0 unspecified atom stereocenters. The molecule has 0 radical (unpaired) electrons. The van der Waals surface area contributed by atoms with E-state index in [1.807, 2.05) is 0 Å². The molecule has 1 aliphatic rings. The number of benzene rings is 1. The standard InChI is InChI=1S/C12H14FNO5S/c1-7(15)9-5-14(6-9)20(18,19)11-3-8(12(16)17)2-10(13)4-11/h2-4,7,9,15H,5-6H2,1H3,(H,16,17)/t7-/m1/s1. The highest BCUT2D eigenvalue weighted by molar-refractivity contribution is 7.89. The van der Waals surface area contributed by atoms with Crippen molar-refractivity contribution in [2.45, 2.75) is 17.9 Å². The van der Waals surface area contributed by atoms with Crippen LogP contribution in [0.2, 0.25) is 0 Å². The average molecular weight is 303 g/mol. The van der Waals surface area contributed by atoms with E-state index in [-0.39, 0.29) is 23.9 Å². The van der Waals surface area contributed by atoms with E-state index in [1.54, 1.807) is 6.92 Å². The topological polar surface area (TPSA) is 94.9 Å². The van der Waals surface area contributed by atoms with Crippen LogP contribution in [0.15, 0.2) is 23.1 Å². The SMILES string of the molecule is C[C@@H](O)C1CN(S(=O)(=O)c2cc(F)cc(C(=O)O)c2)C1. The lowest BCUT2D eigenvalue weighted by Gasteiger charge is -2.39. The lowest BCUT2D eigenvalue weighted by atomic mass is 9.98. The monoisotopic (exact) mass is 303 g/mol. The maximum Gasteiger partial charge on any atom is 0.335 e. The zero-order chi connectivity index (χ0) is 15.1. The van der Waals surface area contributed by atoms with E-state index in [0.29, 0.717) is 0 Å². The number of carboxylic acids is 1. The number of nitrogens with zero attached hydrogens (tertiary/aromatic N) is 1. The largest absolute Gasteiger partial charge is 0.478 e. The van der Waals surface area contributed by atoms with E-state index >= 15 is 0 Å². The smallest absolute Gasteiger partial charge is 0.335 e. The molecule has 2 N–H and O–H groups in total. The molecule has 1 aromatic carbocycles. The molecular weight excluding hydrogens is 289 g/mol. The Balaban J connectivity index is 2.29. The van der Waals surface area contributed by atoms with Gasteiger partial charge < -0.3 is 10.2 Å². The fraction of sp³-hybridized carbons (Fsp3) is 0.417. The summed E-state index contributed by atoms with van der Waals surface area (Å²) in [5, 5.41) is 18.1. The van der Waals surface area contributed by atoms with Gasteiger partial charge in [0.2, 0.25) is 10.0 Å². The summed E-state index contributed by atoms with van der Waals surface area (Å²) in [6.07, 6.45) is -0.622. The maximum absolute atomic E-state index is 13.3. The minimum atomic E-state index is -3.93. The van der Waals surface area contributed by atoms with Gasteiger partial charge in [-0.15, -0.1) is 0 Å². The van der Waals surface area contributed by atoms with Gasteiger partial charge in [-0.25, -0.2) is 17.6 Å². The Labute approximate surface area is 115 Å². The molecule has 0 amide bonds. The van der Waals surface area contributed by atoms with Crippen LogP contribution in [0.1, 0.15) is 17.3 Å². The lowest BCUT2D eigenvalue weighted by Crippen LogP contribution is -2.53. The first kappa shape index (κ1) is 14.9. The molecule has 6 nitrogen and oxygen atoms in total. The highest BCUT2D eigenvalue weighted by atomic mass is 32.2. The number of halogens is 1. The molecule has 2 rings (SSSR count). The summed E-state index contributed by atoms with van der Waals surface area (Å²) >= 11 is 0. The van der Waals surface area contributed by atoms with E-state index in [9.17, 15) is 22.7 Å². The predicted octanol–water partition coefficient (Wildman–Crippen LogP) is 0.525. The molecule has 110 valence electrons. The van der Waals surface area contributed by atoms with Gasteiger partial charge in [0.25, 0.3) is 0 Å². The Morgan fingerprint density at radius 3 is 2.50 bits per heavy atom. The summed E-state index contributed by atoms with van der Waals surface area (Å²) in [6.45, 7) is 1.84. The third-order valence-corrected chi connectivity index (χ3v) is 5.12. The Hall–Kier alpha value is -1.51. The van der Waals surface area contributed by atoms with Crippen molar-refractivity contribution >= 4 is 16.0 Å². The van der Waals surface area contributed by atoms with Crippen LogP contribution >= 0.6 is 0 Å². The predicted molar refractivity (Wildman–Crippen MR) is 67.3 cm³/mol. The zero-order valence-corrected chi connectivity index (χ0v) is 11.5. The number of carboxylic acid groups (broad SMARTS) is 1. The third kappa shape index (κ3) is 2.67. The fourth-order valence-corrected chi connectivity index (χ4v) is 3.57. The van der Waals surface area contributed by atoms with Crippen molar-refractivity contribution in [2.24, 2.45) is 5.92 Å². The van der Waals surface area contributed by atoms with Gasteiger partial charge in [0.1, 0.15) is 5.82 Å². The third-order valence-electron chi connectivity index (χ3n) is 3.31. The highest BCUT2D eigenvalue weighted by Gasteiger charge is 2.39. The minimum Gasteiger partial charge on any atom is -0.478 e. The number of aliphatic hydroxyl groups is 1. The first-order chi connectivity index (χ1) is 9.21. The molecule has 0 spiro atoms. The summed E-state index contributed by atoms with van der Waals surface area (Å²) in [6, 6.07) is 2.48. The molecule has 1 heterocycles. The van der Waals surface area contributed by atoms with Crippen LogP contribution in [-0.4, -0.2) is 48.1 Å². The van der Waals surface area contributed by atoms with Crippen LogP contribution in [0, 0.1) is 11.7 Å². The molecule has 0 bridgehead atoms. The number of rotatable bonds is 4. The van der Waals surface area contributed by atoms with Gasteiger partial charge in [-0.3, -0.25) is 0 Å². The Bertz CT molecular complexity index is 637. The molecule has 20 heavy (non-hydrogen) atoms. The van der Waals surface area contributed by atoms with Gasteiger partial charge in [0, 0.05) is 19.0 Å². The summed E-state index contributed by atoms with van der Waals surface area (Å²) < 4.78 is 38.8. The van der Waals surface area contributed by atoms with Crippen molar-refractivity contribution in [3.8, 4) is 0 Å².